The highest BCUT2D eigenvalue weighted by atomic mass is 16.4. The fourth-order valence-electron chi connectivity index (χ4n) is 3.59. The molecule has 1 aliphatic rings. The number of aliphatic carboxylic acids is 1. The van der Waals surface area contributed by atoms with Crippen molar-refractivity contribution in [1.82, 2.24) is 4.90 Å². The van der Waals surface area contributed by atoms with Gasteiger partial charge in [-0.25, -0.2) is 0 Å². The van der Waals surface area contributed by atoms with E-state index in [-0.39, 0.29) is 12.3 Å². The molecule has 0 saturated carbocycles. The van der Waals surface area contributed by atoms with Crippen molar-refractivity contribution in [2.24, 2.45) is 0 Å². The number of amides is 1. The molecule has 1 amide bonds. The molecular weight excluding hydrogens is 354 g/mol. The number of benzene rings is 3. The van der Waals surface area contributed by atoms with Crippen molar-refractivity contribution >= 4 is 17.7 Å². The third kappa shape index (κ3) is 3.07. The summed E-state index contributed by atoms with van der Waals surface area (Å²) in [5.41, 5.74) is 3.50. The molecular formula is C23H17NO4. The lowest BCUT2D eigenvalue weighted by atomic mass is 9.98. The Hall–Kier alpha value is -3.73. The van der Waals surface area contributed by atoms with E-state index in [4.69, 9.17) is 0 Å². The van der Waals surface area contributed by atoms with Crippen molar-refractivity contribution in [3.8, 4) is 11.1 Å². The van der Waals surface area contributed by atoms with Crippen LogP contribution in [0.5, 0.6) is 0 Å². The average Bonchev–Trinajstić information content (AvgIpc) is 3.00. The number of carbonyl (C=O) groups excluding carboxylic acids is 2. The number of hydrogen-bond acceptors (Lipinski definition) is 3. The fourth-order valence-corrected chi connectivity index (χ4v) is 3.59. The van der Waals surface area contributed by atoms with E-state index in [2.05, 4.69) is 0 Å². The molecule has 4 rings (SSSR count). The van der Waals surface area contributed by atoms with Gasteiger partial charge < -0.3 is 10.0 Å². The molecule has 3 aromatic carbocycles. The highest BCUT2D eigenvalue weighted by Crippen LogP contribution is 2.39. The van der Waals surface area contributed by atoms with Crippen LogP contribution in [0.3, 0.4) is 0 Å². The molecule has 5 heteroatoms. The number of ketones is 1. The third-order valence-electron chi connectivity index (χ3n) is 4.81. The van der Waals surface area contributed by atoms with Crippen LogP contribution in [-0.4, -0.2) is 34.2 Å². The molecule has 1 N–H and O–H groups in total. The molecule has 0 spiro atoms. The Morgan fingerprint density at radius 1 is 0.786 bits per heavy atom. The van der Waals surface area contributed by atoms with Crippen molar-refractivity contribution in [2.45, 2.75) is 6.54 Å². The molecule has 0 fully saturated rings. The van der Waals surface area contributed by atoms with Gasteiger partial charge in [0.05, 0.1) is 0 Å². The molecule has 0 unspecified atom stereocenters. The Morgan fingerprint density at radius 3 is 2.14 bits per heavy atom. The zero-order valence-electron chi connectivity index (χ0n) is 15.0. The van der Waals surface area contributed by atoms with Crippen molar-refractivity contribution < 1.29 is 19.5 Å². The van der Waals surface area contributed by atoms with E-state index in [9.17, 15) is 19.5 Å². The minimum atomic E-state index is -1.09. The van der Waals surface area contributed by atoms with E-state index >= 15 is 0 Å². The first-order valence-electron chi connectivity index (χ1n) is 8.88. The van der Waals surface area contributed by atoms with Crippen LogP contribution in [0.25, 0.3) is 11.1 Å². The standard InChI is InChI=1S/C23H17NO4/c25-20(26)14-24(13-15-7-2-1-3-8-15)23(28)19-12-6-11-18-21(19)16-9-4-5-10-17(16)22(18)27/h1-12H,13-14H2,(H,25,26). The van der Waals surface area contributed by atoms with Crippen LogP contribution in [0.1, 0.15) is 31.8 Å². The maximum atomic E-state index is 13.3. The Bertz CT molecular complexity index is 1090. The summed E-state index contributed by atoms with van der Waals surface area (Å²) in [4.78, 5) is 38.7. The largest absolute Gasteiger partial charge is 0.480 e. The molecule has 28 heavy (non-hydrogen) atoms. The molecule has 0 saturated heterocycles. The maximum Gasteiger partial charge on any atom is 0.323 e. The number of rotatable bonds is 5. The predicted molar refractivity (Wildman–Crippen MR) is 104 cm³/mol. The van der Waals surface area contributed by atoms with E-state index in [0.717, 1.165) is 5.56 Å². The molecule has 3 aromatic rings. The van der Waals surface area contributed by atoms with Gasteiger partial charge in [0.1, 0.15) is 6.54 Å². The quantitative estimate of drug-likeness (QED) is 0.581. The predicted octanol–water partition coefficient (Wildman–Crippen LogP) is 3.63. The second-order valence-corrected chi connectivity index (χ2v) is 6.64. The van der Waals surface area contributed by atoms with Gasteiger partial charge in [0.25, 0.3) is 5.91 Å². The monoisotopic (exact) mass is 371 g/mol. The number of carboxylic acids is 1. The van der Waals surface area contributed by atoms with Crippen molar-refractivity contribution in [2.75, 3.05) is 6.54 Å². The number of carbonyl (C=O) groups is 3. The van der Waals surface area contributed by atoms with Gasteiger partial charge in [0.15, 0.2) is 5.78 Å². The van der Waals surface area contributed by atoms with Crippen molar-refractivity contribution in [3.05, 3.63) is 95.1 Å². The van der Waals surface area contributed by atoms with Crippen molar-refractivity contribution in [3.63, 3.8) is 0 Å². The van der Waals surface area contributed by atoms with Gasteiger partial charge in [-0.05, 0) is 17.2 Å². The molecule has 138 valence electrons. The third-order valence-corrected chi connectivity index (χ3v) is 4.81. The second kappa shape index (κ2) is 7.12. The molecule has 0 bridgehead atoms. The van der Waals surface area contributed by atoms with Crippen LogP contribution in [0.4, 0.5) is 0 Å². The van der Waals surface area contributed by atoms with E-state index in [0.29, 0.717) is 27.8 Å². The van der Waals surface area contributed by atoms with E-state index in [1.54, 1.807) is 30.3 Å². The minimum absolute atomic E-state index is 0.118. The zero-order valence-corrected chi connectivity index (χ0v) is 15.0. The SMILES string of the molecule is O=C(O)CN(Cc1ccccc1)C(=O)c1cccc2c1-c1ccccc1C2=O. The molecule has 1 aliphatic carbocycles. The highest BCUT2D eigenvalue weighted by molar-refractivity contribution is 6.24. The highest BCUT2D eigenvalue weighted by Gasteiger charge is 2.31. The Labute approximate surface area is 161 Å². The summed E-state index contributed by atoms with van der Waals surface area (Å²) in [6.07, 6.45) is 0. The van der Waals surface area contributed by atoms with Crippen LogP contribution < -0.4 is 0 Å². The first kappa shape index (κ1) is 17.7. The fraction of sp³-hybridized carbons (Fsp3) is 0.0870. The summed E-state index contributed by atoms with van der Waals surface area (Å²) < 4.78 is 0. The lowest BCUT2D eigenvalue weighted by Crippen LogP contribution is -2.35. The first-order valence-corrected chi connectivity index (χ1v) is 8.88. The average molecular weight is 371 g/mol. The van der Waals surface area contributed by atoms with Gasteiger partial charge in [0.2, 0.25) is 0 Å². The van der Waals surface area contributed by atoms with Gasteiger partial charge in [0, 0.05) is 28.8 Å². The van der Waals surface area contributed by atoms with Crippen LogP contribution >= 0.6 is 0 Å². The first-order chi connectivity index (χ1) is 13.6. The summed E-state index contributed by atoms with van der Waals surface area (Å²) in [5, 5.41) is 9.30. The molecule has 0 radical (unpaired) electrons. The summed E-state index contributed by atoms with van der Waals surface area (Å²) in [5.74, 6) is -1.62. The second-order valence-electron chi connectivity index (χ2n) is 6.64. The number of fused-ring (bicyclic) bond motifs is 3. The van der Waals surface area contributed by atoms with Crippen LogP contribution in [-0.2, 0) is 11.3 Å². The topological polar surface area (TPSA) is 74.7 Å². The number of carboxylic acid groups (broad SMARTS) is 1. The lowest BCUT2D eigenvalue weighted by Gasteiger charge is -2.22. The molecule has 0 atom stereocenters. The Kier molecular flexibility index (Phi) is 4.49. The van der Waals surface area contributed by atoms with E-state index in [1.165, 1.54) is 4.90 Å². The van der Waals surface area contributed by atoms with Gasteiger partial charge >= 0.3 is 5.97 Å². The Balaban J connectivity index is 1.77. The van der Waals surface area contributed by atoms with Gasteiger partial charge in [-0.3, -0.25) is 14.4 Å². The van der Waals surface area contributed by atoms with Crippen LogP contribution in [0.15, 0.2) is 72.8 Å². The molecule has 5 nitrogen and oxygen atoms in total. The summed E-state index contributed by atoms with van der Waals surface area (Å²) >= 11 is 0. The molecule has 0 heterocycles. The minimum Gasteiger partial charge on any atom is -0.480 e. The molecule has 0 aromatic heterocycles. The lowest BCUT2D eigenvalue weighted by molar-refractivity contribution is -0.137. The normalized spacial score (nSPS) is 11.6. The smallest absolute Gasteiger partial charge is 0.323 e. The zero-order chi connectivity index (χ0) is 19.7. The van der Waals surface area contributed by atoms with Crippen molar-refractivity contribution in [1.29, 1.82) is 0 Å². The van der Waals surface area contributed by atoms with E-state index in [1.807, 2.05) is 42.5 Å². The van der Waals surface area contributed by atoms with Gasteiger partial charge in [-0.2, -0.15) is 0 Å². The summed E-state index contributed by atoms with van der Waals surface area (Å²) in [7, 11) is 0. The van der Waals surface area contributed by atoms with Crippen LogP contribution in [0.2, 0.25) is 0 Å². The van der Waals surface area contributed by atoms with E-state index < -0.39 is 18.4 Å². The maximum absolute atomic E-state index is 13.3. The van der Waals surface area contributed by atoms with Gasteiger partial charge in [-0.15, -0.1) is 0 Å². The summed E-state index contributed by atoms with van der Waals surface area (Å²) in [6.45, 7) is -0.252. The summed E-state index contributed by atoms with van der Waals surface area (Å²) in [6, 6.07) is 21.4. The Morgan fingerprint density at radius 2 is 1.43 bits per heavy atom. The number of nitrogens with zero attached hydrogens (tertiary/aromatic N) is 1. The van der Waals surface area contributed by atoms with Crippen LogP contribution in [0, 0.1) is 0 Å². The number of hydrogen-bond donors (Lipinski definition) is 1. The molecule has 0 aliphatic heterocycles. The van der Waals surface area contributed by atoms with Gasteiger partial charge in [-0.1, -0.05) is 66.7 Å².